The molecule has 1 aliphatic heterocycles. The van der Waals surface area contributed by atoms with Crippen LogP contribution in [0.5, 0.6) is 0 Å². The van der Waals surface area contributed by atoms with E-state index in [1.807, 2.05) is 18.2 Å². The third-order valence-electron chi connectivity index (χ3n) is 3.28. The smallest absolute Gasteiger partial charge is 0.337 e. The summed E-state index contributed by atoms with van der Waals surface area (Å²) >= 11 is 0. The summed E-state index contributed by atoms with van der Waals surface area (Å²) in [6.07, 6.45) is 2.33. The minimum absolute atomic E-state index is 0.279. The van der Waals surface area contributed by atoms with Gasteiger partial charge in [-0.3, -0.25) is 0 Å². The highest BCUT2D eigenvalue weighted by atomic mass is 16.5. The van der Waals surface area contributed by atoms with Gasteiger partial charge in [-0.2, -0.15) is 0 Å². The van der Waals surface area contributed by atoms with Gasteiger partial charge in [0.05, 0.1) is 12.7 Å². The summed E-state index contributed by atoms with van der Waals surface area (Å²) in [6.45, 7) is 2.97. The predicted molar refractivity (Wildman–Crippen MR) is 70.5 cm³/mol. The fraction of sp³-hybridized carbons (Fsp3) is 0.500. The van der Waals surface area contributed by atoms with Crippen molar-refractivity contribution in [2.75, 3.05) is 20.2 Å². The zero-order chi connectivity index (χ0) is 12.8. The standard InChI is InChI=1S/C14H20N2O2/c1-18-14(17)12-4-2-3-11(9-12)10-16-13-5-7-15-8-6-13/h2-4,9,13,15-16H,5-8,10H2,1H3. The van der Waals surface area contributed by atoms with Crippen molar-refractivity contribution >= 4 is 5.97 Å². The molecule has 0 saturated carbocycles. The van der Waals surface area contributed by atoms with E-state index in [1.165, 1.54) is 7.11 Å². The number of benzene rings is 1. The topological polar surface area (TPSA) is 50.4 Å². The lowest BCUT2D eigenvalue weighted by Gasteiger charge is -2.23. The van der Waals surface area contributed by atoms with Crippen LogP contribution in [-0.4, -0.2) is 32.2 Å². The molecule has 1 aliphatic rings. The summed E-state index contributed by atoms with van der Waals surface area (Å²) in [5, 5.41) is 6.87. The Hall–Kier alpha value is -1.39. The molecule has 0 aromatic heterocycles. The second-order valence-electron chi connectivity index (χ2n) is 4.60. The van der Waals surface area contributed by atoms with Gasteiger partial charge in [0.2, 0.25) is 0 Å². The number of piperidine rings is 1. The molecule has 4 nitrogen and oxygen atoms in total. The summed E-state index contributed by atoms with van der Waals surface area (Å²) in [5.74, 6) is -0.279. The van der Waals surface area contributed by atoms with Crippen molar-refractivity contribution in [2.24, 2.45) is 0 Å². The first-order valence-corrected chi connectivity index (χ1v) is 6.41. The van der Waals surface area contributed by atoms with E-state index in [1.54, 1.807) is 6.07 Å². The van der Waals surface area contributed by atoms with Crippen molar-refractivity contribution in [3.05, 3.63) is 35.4 Å². The molecule has 98 valence electrons. The van der Waals surface area contributed by atoms with Crippen molar-refractivity contribution in [1.82, 2.24) is 10.6 Å². The fourth-order valence-electron chi connectivity index (χ4n) is 2.21. The largest absolute Gasteiger partial charge is 0.465 e. The Morgan fingerprint density at radius 2 is 2.22 bits per heavy atom. The van der Waals surface area contributed by atoms with E-state index in [2.05, 4.69) is 10.6 Å². The summed E-state index contributed by atoms with van der Waals surface area (Å²) in [6, 6.07) is 8.17. The summed E-state index contributed by atoms with van der Waals surface area (Å²) in [7, 11) is 1.41. The van der Waals surface area contributed by atoms with Gasteiger partial charge in [0.15, 0.2) is 0 Å². The second kappa shape index (κ2) is 6.52. The molecule has 0 unspecified atom stereocenters. The number of hydrogen-bond acceptors (Lipinski definition) is 4. The Morgan fingerprint density at radius 3 is 2.94 bits per heavy atom. The number of methoxy groups -OCH3 is 1. The number of carbonyl (C=O) groups excluding carboxylic acids is 1. The maximum atomic E-state index is 11.4. The van der Waals surface area contributed by atoms with E-state index in [0.717, 1.165) is 38.0 Å². The normalized spacial score (nSPS) is 16.5. The molecule has 0 spiro atoms. The first-order valence-electron chi connectivity index (χ1n) is 6.41. The van der Waals surface area contributed by atoms with Crippen LogP contribution < -0.4 is 10.6 Å². The first-order chi connectivity index (χ1) is 8.79. The summed E-state index contributed by atoms with van der Waals surface area (Å²) < 4.78 is 4.72. The van der Waals surface area contributed by atoms with Gasteiger partial charge in [0, 0.05) is 12.6 Å². The predicted octanol–water partition coefficient (Wildman–Crippen LogP) is 1.31. The molecule has 1 aromatic rings. The van der Waals surface area contributed by atoms with E-state index in [0.29, 0.717) is 11.6 Å². The van der Waals surface area contributed by atoms with Crippen LogP contribution in [0.2, 0.25) is 0 Å². The van der Waals surface area contributed by atoms with Crippen LogP contribution in [0.4, 0.5) is 0 Å². The van der Waals surface area contributed by atoms with E-state index in [-0.39, 0.29) is 5.97 Å². The van der Waals surface area contributed by atoms with Gasteiger partial charge in [-0.1, -0.05) is 12.1 Å². The van der Waals surface area contributed by atoms with Crippen LogP contribution >= 0.6 is 0 Å². The number of esters is 1. The number of hydrogen-bond donors (Lipinski definition) is 2. The maximum Gasteiger partial charge on any atom is 0.337 e. The quantitative estimate of drug-likeness (QED) is 0.789. The molecule has 0 bridgehead atoms. The third kappa shape index (κ3) is 3.55. The molecule has 2 rings (SSSR count). The Labute approximate surface area is 108 Å². The van der Waals surface area contributed by atoms with Crippen molar-refractivity contribution in [3.8, 4) is 0 Å². The van der Waals surface area contributed by atoms with E-state index in [9.17, 15) is 4.79 Å². The minimum Gasteiger partial charge on any atom is -0.465 e. The van der Waals surface area contributed by atoms with Gasteiger partial charge in [-0.15, -0.1) is 0 Å². The zero-order valence-electron chi connectivity index (χ0n) is 10.7. The van der Waals surface area contributed by atoms with Gasteiger partial charge in [0.1, 0.15) is 0 Å². The monoisotopic (exact) mass is 248 g/mol. The van der Waals surface area contributed by atoms with E-state index in [4.69, 9.17) is 4.74 Å². The molecule has 0 aliphatic carbocycles. The Balaban J connectivity index is 1.90. The highest BCUT2D eigenvalue weighted by Crippen LogP contribution is 2.08. The average molecular weight is 248 g/mol. The SMILES string of the molecule is COC(=O)c1cccc(CNC2CCNCC2)c1. The lowest BCUT2D eigenvalue weighted by Crippen LogP contribution is -2.39. The molecule has 0 amide bonds. The van der Waals surface area contributed by atoms with E-state index < -0.39 is 0 Å². The highest BCUT2D eigenvalue weighted by Gasteiger charge is 2.12. The second-order valence-corrected chi connectivity index (χ2v) is 4.60. The molecule has 2 N–H and O–H groups in total. The lowest BCUT2D eigenvalue weighted by molar-refractivity contribution is 0.0600. The molecule has 0 atom stereocenters. The molecule has 4 heteroatoms. The van der Waals surface area contributed by atoms with Crippen LogP contribution in [0.25, 0.3) is 0 Å². The Morgan fingerprint density at radius 1 is 1.44 bits per heavy atom. The third-order valence-corrected chi connectivity index (χ3v) is 3.28. The van der Waals surface area contributed by atoms with Crippen molar-refractivity contribution in [3.63, 3.8) is 0 Å². The van der Waals surface area contributed by atoms with Crippen LogP contribution in [0.1, 0.15) is 28.8 Å². The molecule has 1 fully saturated rings. The van der Waals surface area contributed by atoms with E-state index >= 15 is 0 Å². The van der Waals surface area contributed by atoms with Gasteiger partial charge in [-0.05, 0) is 43.6 Å². The maximum absolute atomic E-state index is 11.4. The molecule has 1 aromatic carbocycles. The number of carbonyl (C=O) groups is 1. The number of rotatable bonds is 4. The van der Waals surface area contributed by atoms with Crippen LogP contribution in [0, 0.1) is 0 Å². The van der Waals surface area contributed by atoms with Gasteiger partial charge in [-0.25, -0.2) is 4.79 Å². The van der Waals surface area contributed by atoms with Gasteiger partial charge < -0.3 is 15.4 Å². The van der Waals surface area contributed by atoms with Crippen molar-refractivity contribution in [1.29, 1.82) is 0 Å². The van der Waals surface area contributed by atoms with Crippen LogP contribution in [0.15, 0.2) is 24.3 Å². The molecule has 1 saturated heterocycles. The first kappa shape index (κ1) is 13.1. The van der Waals surface area contributed by atoms with Gasteiger partial charge >= 0.3 is 5.97 Å². The molecule has 0 radical (unpaired) electrons. The minimum atomic E-state index is -0.279. The van der Waals surface area contributed by atoms with Crippen LogP contribution in [0.3, 0.4) is 0 Å². The Bertz CT molecular complexity index is 401. The Kier molecular flexibility index (Phi) is 4.73. The highest BCUT2D eigenvalue weighted by molar-refractivity contribution is 5.89. The molecular weight excluding hydrogens is 228 g/mol. The summed E-state index contributed by atoms with van der Waals surface area (Å²) in [5.41, 5.74) is 1.73. The lowest BCUT2D eigenvalue weighted by atomic mass is 10.1. The van der Waals surface area contributed by atoms with Gasteiger partial charge in [0.25, 0.3) is 0 Å². The molecule has 18 heavy (non-hydrogen) atoms. The summed E-state index contributed by atoms with van der Waals surface area (Å²) in [4.78, 5) is 11.4. The van der Waals surface area contributed by atoms with Crippen molar-refractivity contribution in [2.45, 2.75) is 25.4 Å². The van der Waals surface area contributed by atoms with Crippen LogP contribution in [-0.2, 0) is 11.3 Å². The fourth-order valence-corrected chi connectivity index (χ4v) is 2.21. The zero-order valence-corrected chi connectivity index (χ0v) is 10.7. The average Bonchev–Trinajstić information content (AvgIpc) is 2.45. The number of nitrogens with one attached hydrogen (secondary N) is 2. The molecular formula is C14H20N2O2. The molecule has 1 heterocycles. The van der Waals surface area contributed by atoms with Crippen molar-refractivity contribution < 1.29 is 9.53 Å². The number of ether oxygens (including phenoxy) is 1.